The molecule has 2 aromatic rings. The number of hydrogen-bond donors (Lipinski definition) is 3. The molecule has 8 heteroatoms. The second-order valence-corrected chi connectivity index (χ2v) is 5.71. The van der Waals surface area contributed by atoms with Crippen LogP contribution in [0.25, 0.3) is 0 Å². The average molecular weight is 329 g/mol. The lowest BCUT2D eigenvalue weighted by Gasteiger charge is -2.37. The molecule has 1 fully saturated rings. The van der Waals surface area contributed by atoms with Gasteiger partial charge in [0, 0.05) is 31.9 Å². The van der Waals surface area contributed by atoms with Crippen molar-refractivity contribution >= 4 is 23.3 Å². The Labute approximate surface area is 138 Å². The summed E-state index contributed by atoms with van der Waals surface area (Å²) < 4.78 is 0. The van der Waals surface area contributed by atoms with Gasteiger partial charge in [-0.25, -0.2) is 9.78 Å². The lowest BCUT2D eigenvalue weighted by Crippen LogP contribution is -2.48. The summed E-state index contributed by atoms with van der Waals surface area (Å²) in [6.45, 7) is 4.59. The molecule has 3 rings (SSSR count). The number of benzene rings is 1. The first-order chi connectivity index (χ1) is 11.5. The number of carboxylic acids is 1. The zero-order valence-corrected chi connectivity index (χ0v) is 13.3. The van der Waals surface area contributed by atoms with Gasteiger partial charge >= 0.3 is 5.97 Å². The molecule has 1 aliphatic rings. The van der Waals surface area contributed by atoms with E-state index in [1.165, 1.54) is 0 Å². The van der Waals surface area contributed by atoms with E-state index in [4.69, 9.17) is 10.8 Å². The van der Waals surface area contributed by atoms with Crippen molar-refractivity contribution in [1.82, 2.24) is 9.97 Å². The third-order valence-electron chi connectivity index (χ3n) is 4.16. The third kappa shape index (κ3) is 3.03. The zero-order chi connectivity index (χ0) is 17.3. The Kier molecular flexibility index (Phi) is 4.11. The van der Waals surface area contributed by atoms with Crippen LogP contribution in [0, 0.1) is 6.92 Å². The van der Waals surface area contributed by atoms with Crippen molar-refractivity contribution in [2.24, 2.45) is 0 Å². The number of anilines is 3. The highest BCUT2D eigenvalue weighted by molar-refractivity contribution is 5.88. The SMILES string of the molecule is Cc1nc(N)[nH]c(=O)c1N1CCN(c2ccc(C(=O)O)cc2)CC1. The van der Waals surface area contributed by atoms with E-state index in [-0.39, 0.29) is 17.1 Å². The highest BCUT2D eigenvalue weighted by atomic mass is 16.4. The van der Waals surface area contributed by atoms with Crippen LogP contribution in [-0.4, -0.2) is 47.2 Å². The molecule has 126 valence electrons. The number of aromatic amines is 1. The number of hydrogen-bond acceptors (Lipinski definition) is 6. The van der Waals surface area contributed by atoms with Crippen LogP contribution < -0.4 is 21.1 Å². The molecular formula is C16H19N5O3. The number of nitrogen functional groups attached to an aromatic ring is 1. The van der Waals surface area contributed by atoms with Crippen LogP contribution in [-0.2, 0) is 0 Å². The first kappa shape index (κ1) is 15.9. The first-order valence-electron chi connectivity index (χ1n) is 7.65. The fourth-order valence-electron chi connectivity index (χ4n) is 2.98. The lowest BCUT2D eigenvalue weighted by molar-refractivity contribution is 0.0697. The zero-order valence-electron chi connectivity index (χ0n) is 13.3. The summed E-state index contributed by atoms with van der Waals surface area (Å²) in [4.78, 5) is 33.9. The molecule has 0 unspecified atom stereocenters. The predicted molar refractivity (Wildman–Crippen MR) is 91.8 cm³/mol. The topological polar surface area (TPSA) is 116 Å². The smallest absolute Gasteiger partial charge is 0.335 e. The Bertz CT molecular complexity index is 807. The normalized spacial score (nSPS) is 14.7. The maximum absolute atomic E-state index is 12.1. The molecule has 0 aliphatic carbocycles. The Hall–Kier alpha value is -3.03. The maximum Gasteiger partial charge on any atom is 0.335 e. The molecule has 1 aromatic heterocycles. The third-order valence-corrected chi connectivity index (χ3v) is 4.16. The number of nitrogens with one attached hydrogen (secondary N) is 1. The minimum absolute atomic E-state index is 0.124. The molecule has 8 nitrogen and oxygen atoms in total. The molecule has 0 amide bonds. The molecular weight excluding hydrogens is 310 g/mol. The number of piperazine rings is 1. The van der Waals surface area contributed by atoms with Crippen LogP contribution in [0.4, 0.5) is 17.3 Å². The molecule has 0 atom stereocenters. The highest BCUT2D eigenvalue weighted by Gasteiger charge is 2.22. The monoisotopic (exact) mass is 329 g/mol. The van der Waals surface area contributed by atoms with Crippen LogP contribution in [0.1, 0.15) is 16.1 Å². The molecule has 1 aromatic carbocycles. The minimum atomic E-state index is -0.933. The highest BCUT2D eigenvalue weighted by Crippen LogP contribution is 2.20. The van der Waals surface area contributed by atoms with Gasteiger partial charge in [-0.2, -0.15) is 0 Å². The molecule has 4 N–H and O–H groups in total. The van der Waals surface area contributed by atoms with E-state index in [1.54, 1.807) is 19.1 Å². The molecule has 0 saturated carbocycles. The van der Waals surface area contributed by atoms with Gasteiger partial charge in [-0.15, -0.1) is 0 Å². The number of aromatic carboxylic acids is 1. The molecule has 1 aliphatic heterocycles. The van der Waals surface area contributed by atoms with Crippen molar-refractivity contribution in [2.45, 2.75) is 6.92 Å². The Morgan fingerprint density at radius 2 is 1.75 bits per heavy atom. The van der Waals surface area contributed by atoms with Gasteiger partial charge in [0.05, 0.1) is 11.3 Å². The number of rotatable bonds is 3. The average Bonchev–Trinajstić information content (AvgIpc) is 2.54. The van der Waals surface area contributed by atoms with E-state index in [2.05, 4.69) is 14.9 Å². The summed E-state index contributed by atoms with van der Waals surface area (Å²) in [5.74, 6) is -0.810. The Balaban J connectivity index is 1.72. The molecule has 2 heterocycles. The Morgan fingerprint density at radius 3 is 2.29 bits per heavy atom. The van der Waals surface area contributed by atoms with Crippen molar-refractivity contribution in [1.29, 1.82) is 0 Å². The van der Waals surface area contributed by atoms with E-state index in [0.717, 1.165) is 18.8 Å². The molecule has 24 heavy (non-hydrogen) atoms. The van der Waals surface area contributed by atoms with Crippen molar-refractivity contribution in [3.8, 4) is 0 Å². The molecule has 1 saturated heterocycles. The van der Waals surface area contributed by atoms with Crippen LogP contribution in [0.2, 0.25) is 0 Å². The van der Waals surface area contributed by atoms with E-state index in [1.807, 2.05) is 17.0 Å². The van der Waals surface area contributed by atoms with E-state index in [9.17, 15) is 9.59 Å². The number of carbonyl (C=O) groups is 1. The van der Waals surface area contributed by atoms with E-state index >= 15 is 0 Å². The van der Waals surface area contributed by atoms with Gasteiger partial charge < -0.3 is 20.6 Å². The standard InChI is InChI=1S/C16H19N5O3/c1-10-13(14(22)19-16(17)18-10)21-8-6-20(7-9-21)12-4-2-11(3-5-12)15(23)24/h2-5H,6-9H2,1H3,(H,23,24)(H3,17,18,19,22). The van der Waals surface area contributed by atoms with Crippen LogP contribution in [0.15, 0.2) is 29.1 Å². The summed E-state index contributed by atoms with van der Waals surface area (Å²) in [6.07, 6.45) is 0. The largest absolute Gasteiger partial charge is 0.478 e. The molecule has 0 spiro atoms. The van der Waals surface area contributed by atoms with Crippen molar-refractivity contribution in [3.63, 3.8) is 0 Å². The number of H-pyrrole nitrogens is 1. The van der Waals surface area contributed by atoms with Gasteiger partial charge in [-0.3, -0.25) is 9.78 Å². The summed E-state index contributed by atoms with van der Waals surface area (Å²) >= 11 is 0. The number of aromatic nitrogens is 2. The van der Waals surface area contributed by atoms with Crippen molar-refractivity contribution in [3.05, 3.63) is 45.9 Å². The molecule has 0 bridgehead atoms. The van der Waals surface area contributed by atoms with Gasteiger partial charge in [0.1, 0.15) is 5.69 Å². The lowest BCUT2D eigenvalue weighted by atomic mass is 10.1. The van der Waals surface area contributed by atoms with Gasteiger partial charge in [-0.1, -0.05) is 0 Å². The number of nitrogens with zero attached hydrogens (tertiary/aromatic N) is 3. The van der Waals surface area contributed by atoms with Crippen molar-refractivity contribution < 1.29 is 9.90 Å². The van der Waals surface area contributed by atoms with Gasteiger partial charge in [0.25, 0.3) is 5.56 Å². The van der Waals surface area contributed by atoms with Gasteiger partial charge in [0.2, 0.25) is 5.95 Å². The quantitative estimate of drug-likeness (QED) is 0.758. The first-order valence-corrected chi connectivity index (χ1v) is 7.65. The van der Waals surface area contributed by atoms with E-state index in [0.29, 0.717) is 24.5 Å². The summed E-state index contributed by atoms with van der Waals surface area (Å²) in [5, 5.41) is 8.95. The predicted octanol–water partition coefficient (Wildman–Crippen LogP) is 0.685. The van der Waals surface area contributed by atoms with Gasteiger partial charge in [-0.05, 0) is 31.2 Å². The second-order valence-electron chi connectivity index (χ2n) is 5.71. The number of nitrogens with two attached hydrogens (primary N) is 1. The van der Waals surface area contributed by atoms with Crippen LogP contribution in [0.3, 0.4) is 0 Å². The fraction of sp³-hybridized carbons (Fsp3) is 0.312. The summed E-state index contributed by atoms with van der Waals surface area (Å²) in [7, 11) is 0. The van der Waals surface area contributed by atoms with E-state index < -0.39 is 5.97 Å². The fourth-order valence-corrected chi connectivity index (χ4v) is 2.98. The van der Waals surface area contributed by atoms with Crippen LogP contribution in [0.5, 0.6) is 0 Å². The second kappa shape index (κ2) is 6.23. The summed E-state index contributed by atoms with van der Waals surface area (Å²) in [5.41, 5.74) is 7.76. The van der Waals surface area contributed by atoms with Gasteiger partial charge in [0.15, 0.2) is 0 Å². The molecule has 0 radical (unpaired) electrons. The summed E-state index contributed by atoms with van der Waals surface area (Å²) in [6, 6.07) is 6.81. The minimum Gasteiger partial charge on any atom is -0.478 e. The van der Waals surface area contributed by atoms with Crippen molar-refractivity contribution in [2.75, 3.05) is 41.7 Å². The maximum atomic E-state index is 12.1. The Morgan fingerprint density at radius 1 is 1.17 bits per heavy atom. The number of aryl methyl sites for hydroxylation is 1. The number of carboxylic acid groups (broad SMARTS) is 1. The van der Waals surface area contributed by atoms with Crippen LogP contribution >= 0.6 is 0 Å².